The van der Waals surface area contributed by atoms with Gasteiger partial charge in [0.1, 0.15) is 5.75 Å². The highest BCUT2D eigenvalue weighted by atomic mass is 32.2. The summed E-state index contributed by atoms with van der Waals surface area (Å²) in [6.07, 6.45) is 3.84. The molecule has 1 aromatic carbocycles. The molecule has 0 aromatic heterocycles. The zero-order valence-electron chi connectivity index (χ0n) is 12.6. The van der Waals surface area contributed by atoms with E-state index in [9.17, 15) is 8.42 Å². The summed E-state index contributed by atoms with van der Waals surface area (Å²) in [5.74, 6) is 1.32. The van der Waals surface area contributed by atoms with Crippen LogP contribution in [0.2, 0.25) is 0 Å². The molecule has 6 heteroatoms. The fraction of sp³-hybridized carbons (Fsp3) is 0.600. The molecule has 118 valence electrons. The molecule has 1 unspecified atom stereocenters. The van der Waals surface area contributed by atoms with E-state index in [0.29, 0.717) is 35.1 Å². The van der Waals surface area contributed by atoms with E-state index in [1.807, 2.05) is 6.92 Å². The molecule has 0 saturated heterocycles. The molecule has 3 N–H and O–H groups in total. The van der Waals surface area contributed by atoms with Crippen LogP contribution in [-0.2, 0) is 16.4 Å². The monoisotopic (exact) mass is 312 g/mol. The first-order valence-electron chi connectivity index (χ1n) is 7.35. The third-order valence-electron chi connectivity index (χ3n) is 3.71. The number of nitrogens with two attached hydrogens (primary N) is 1. The molecule has 5 nitrogen and oxygen atoms in total. The van der Waals surface area contributed by atoms with Crippen LogP contribution in [0.5, 0.6) is 5.75 Å². The Morgan fingerprint density at radius 3 is 2.71 bits per heavy atom. The average molecular weight is 312 g/mol. The van der Waals surface area contributed by atoms with Crippen molar-refractivity contribution in [3.05, 3.63) is 23.8 Å². The lowest BCUT2D eigenvalue weighted by Crippen LogP contribution is -2.33. The molecule has 1 atom stereocenters. The van der Waals surface area contributed by atoms with Gasteiger partial charge in [0, 0.05) is 6.04 Å². The van der Waals surface area contributed by atoms with Gasteiger partial charge in [-0.05, 0) is 56.0 Å². The van der Waals surface area contributed by atoms with Crippen LogP contribution in [-0.4, -0.2) is 28.1 Å². The van der Waals surface area contributed by atoms with Gasteiger partial charge in [0.2, 0.25) is 10.0 Å². The molecule has 1 aromatic rings. The number of methoxy groups -OCH3 is 1. The van der Waals surface area contributed by atoms with Crippen LogP contribution in [0.1, 0.15) is 31.7 Å². The van der Waals surface area contributed by atoms with E-state index in [1.54, 1.807) is 25.3 Å². The lowest BCUT2D eigenvalue weighted by atomic mass is 10.1. The fourth-order valence-electron chi connectivity index (χ4n) is 2.53. The van der Waals surface area contributed by atoms with Gasteiger partial charge in [-0.1, -0.05) is 12.8 Å². The minimum Gasteiger partial charge on any atom is -0.497 e. The molecule has 1 aliphatic carbocycles. The van der Waals surface area contributed by atoms with Crippen LogP contribution < -0.4 is 15.2 Å². The Kier molecular flexibility index (Phi) is 5.24. The number of sulfonamides is 1. The summed E-state index contributed by atoms with van der Waals surface area (Å²) < 4.78 is 33.0. The van der Waals surface area contributed by atoms with Gasteiger partial charge >= 0.3 is 0 Å². The Bertz CT molecular complexity index is 583. The van der Waals surface area contributed by atoms with Crippen LogP contribution in [0, 0.1) is 5.92 Å². The van der Waals surface area contributed by atoms with E-state index in [0.717, 1.165) is 6.42 Å². The van der Waals surface area contributed by atoms with Gasteiger partial charge in [-0.25, -0.2) is 13.1 Å². The van der Waals surface area contributed by atoms with E-state index < -0.39 is 10.0 Å². The van der Waals surface area contributed by atoms with Crippen molar-refractivity contribution >= 4 is 10.0 Å². The topological polar surface area (TPSA) is 81.4 Å². The van der Waals surface area contributed by atoms with Crippen molar-refractivity contribution in [2.24, 2.45) is 11.7 Å². The van der Waals surface area contributed by atoms with Crippen molar-refractivity contribution in [3.63, 3.8) is 0 Å². The Morgan fingerprint density at radius 2 is 2.14 bits per heavy atom. The van der Waals surface area contributed by atoms with Gasteiger partial charge < -0.3 is 10.5 Å². The minimum absolute atomic E-state index is 0.0460. The molecular weight excluding hydrogens is 288 g/mol. The van der Waals surface area contributed by atoms with E-state index >= 15 is 0 Å². The van der Waals surface area contributed by atoms with Crippen LogP contribution in [0.4, 0.5) is 0 Å². The van der Waals surface area contributed by atoms with Crippen molar-refractivity contribution in [1.82, 2.24) is 4.72 Å². The maximum absolute atomic E-state index is 12.5. The normalized spacial score (nSPS) is 16.7. The van der Waals surface area contributed by atoms with Crippen molar-refractivity contribution in [2.75, 3.05) is 13.7 Å². The van der Waals surface area contributed by atoms with Gasteiger partial charge in [-0.3, -0.25) is 0 Å². The largest absolute Gasteiger partial charge is 0.497 e. The second-order valence-electron chi connectivity index (χ2n) is 5.71. The Morgan fingerprint density at radius 1 is 1.43 bits per heavy atom. The highest BCUT2D eigenvalue weighted by Gasteiger charge is 2.27. The smallest absolute Gasteiger partial charge is 0.241 e. The van der Waals surface area contributed by atoms with E-state index in [4.69, 9.17) is 10.5 Å². The van der Waals surface area contributed by atoms with Crippen LogP contribution >= 0.6 is 0 Å². The molecule has 1 fully saturated rings. The number of nitrogens with one attached hydrogen (secondary N) is 1. The number of rotatable bonds is 8. The first-order valence-corrected chi connectivity index (χ1v) is 8.84. The number of benzene rings is 1. The van der Waals surface area contributed by atoms with Gasteiger partial charge in [-0.15, -0.1) is 0 Å². The van der Waals surface area contributed by atoms with Gasteiger partial charge in [0.25, 0.3) is 0 Å². The van der Waals surface area contributed by atoms with Gasteiger partial charge in [0.05, 0.1) is 12.0 Å². The van der Waals surface area contributed by atoms with Gasteiger partial charge in [-0.2, -0.15) is 0 Å². The van der Waals surface area contributed by atoms with Crippen molar-refractivity contribution in [2.45, 2.75) is 43.5 Å². The fourth-order valence-corrected chi connectivity index (χ4v) is 4.03. The Hall–Kier alpha value is -1.11. The molecule has 0 amide bonds. The van der Waals surface area contributed by atoms with E-state index in [2.05, 4.69) is 4.72 Å². The first kappa shape index (κ1) is 16.3. The third-order valence-corrected chi connectivity index (χ3v) is 5.40. The lowest BCUT2D eigenvalue weighted by molar-refractivity contribution is 0.413. The molecule has 0 heterocycles. The highest BCUT2D eigenvalue weighted by molar-refractivity contribution is 7.89. The molecule has 21 heavy (non-hydrogen) atoms. The standard InChI is InChI=1S/C15H24N2O3S/c1-11(9-12-3-4-12)17-21(18,19)15-6-5-14(20-2)10-13(15)7-8-16/h5-6,10-12,17H,3-4,7-9,16H2,1-2H3. The first-order chi connectivity index (χ1) is 9.96. The molecule has 2 rings (SSSR count). The predicted molar refractivity (Wildman–Crippen MR) is 82.9 cm³/mol. The second-order valence-corrected chi connectivity index (χ2v) is 7.40. The summed E-state index contributed by atoms with van der Waals surface area (Å²) in [6.45, 7) is 2.31. The molecular formula is C15H24N2O3S. The summed E-state index contributed by atoms with van der Waals surface area (Å²) in [4.78, 5) is 0.302. The van der Waals surface area contributed by atoms with E-state index in [-0.39, 0.29) is 6.04 Å². The molecule has 0 spiro atoms. The molecule has 0 bridgehead atoms. The summed E-state index contributed by atoms with van der Waals surface area (Å²) >= 11 is 0. The number of hydrogen-bond acceptors (Lipinski definition) is 4. The van der Waals surface area contributed by atoms with Crippen molar-refractivity contribution in [3.8, 4) is 5.75 Å². The number of ether oxygens (including phenoxy) is 1. The predicted octanol–water partition coefficient (Wildman–Crippen LogP) is 1.66. The van der Waals surface area contributed by atoms with Crippen LogP contribution in [0.3, 0.4) is 0 Å². The van der Waals surface area contributed by atoms with Crippen molar-refractivity contribution < 1.29 is 13.2 Å². The number of hydrogen-bond donors (Lipinski definition) is 2. The van der Waals surface area contributed by atoms with Crippen LogP contribution in [0.15, 0.2) is 23.1 Å². The molecule has 1 aliphatic rings. The zero-order chi connectivity index (χ0) is 15.5. The lowest BCUT2D eigenvalue weighted by Gasteiger charge is -2.16. The summed E-state index contributed by atoms with van der Waals surface area (Å²) in [6, 6.07) is 4.96. The Labute approximate surface area is 126 Å². The van der Waals surface area contributed by atoms with Gasteiger partial charge in [0.15, 0.2) is 0 Å². The maximum Gasteiger partial charge on any atom is 0.241 e. The molecule has 0 aliphatic heterocycles. The quantitative estimate of drug-likeness (QED) is 0.765. The zero-order valence-corrected chi connectivity index (χ0v) is 13.4. The SMILES string of the molecule is COc1ccc(S(=O)(=O)NC(C)CC2CC2)c(CCN)c1. The van der Waals surface area contributed by atoms with Crippen LogP contribution in [0.25, 0.3) is 0 Å². The van der Waals surface area contributed by atoms with Crippen molar-refractivity contribution in [1.29, 1.82) is 0 Å². The average Bonchev–Trinajstić information content (AvgIpc) is 3.21. The minimum atomic E-state index is -3.52. The highest BCUT2D eigenvalue weighted by Crippen LogP contribution is 2.33. The summed E-state index contributed by atoms with van der Waals surface area (Å²) in [5.41, 5.74) is 6.28. The summed E-state index contributed by atoms with van der Waals surface area (Å²) in [7, 11) is -1.96. The van der Waals surface area contributed by atoms with E-state index in [1.165, 1.54) is 12.8 Å². The second kappa shape index (κ2) is 6.77. The molecule has 1 saturated carbocycles. The summed E-state index contributed by atoms with van der Waals surface area (Å²) in [5, 5.41) is 0. The molecule has 0 radical (unpaired) electrons. The Balaban J connectivity index is 2.20. The third kappa shape index (κ3) is 4.43. The maximum atomic E-state index is 12.5.